The van der Waals surface area contributed by atoms with Crippen LogP contribution in [0.2, 0.25) is 0 Å². The number of benzene rings is 2. The number of carbonyl (C=O) groups is 4. The summed E-state index contributed by atoms with van der Waals surface area (Å²) in [6.07, 6.45) is 3.12. The third-order valence-electron chi connectivity index (χ3n) is 6.53. The zero-order chi connectivity index (χ0) is 23.5. The Kier molecular flexibility index (Phi) is 6.58. The van der Waals surface area contributed by atoms with E-state index in [1.165, 1.54) is 17.0 Å². The summed E-state index contributed by atoms with van der Waals surface area (Å²) in [5, 5.41) is 2.75. The number of amides is 3. The quantitative estimate of drug-likeness (QED) is 0.533. The number of aryl methyl sites for hydroxylation is 1. The van der Waals surface area contributed by atoms with Crippen LogP contribution in [0.5, 0.6) is 0 Å². The highest BCUT2D eigenvalue weighted by Gasteiger charge is 2.50. The SMILES string of the molecule is CCc1ccccc1NC(=O)COC(=O)c1cccc(N2C(=O)[C@H]3C[C@H](C)CC[C@H]3C2=O)c1. The van der Waals surface area contributed by atoms with Gasteiger partial charge in [-0.05, 0) is 61.4 Å². The molecule has 0 spiro atoms. The molecular formula is C26H28N2O5. The van der Waals surface area contributed by atoms with Gasteiger partial charge in [0.15, 0.2) is 6.61 Å². The summed E-state index contributed by atoms with van der Waals surface area (Å²) in [5.74, 6) is -1.68. The van der Waals surface area contributed by atoms with Gasteiger partial charge in [-0.15, -0.1) is 0 Å². The highest BCUT2D eigenvalue weighted by Crippen LogP contribution is 2.42. The van der Waals surface area contributed by atoms with Crippen molar-refractivity contribution in [3.8, 4) is 0 Å². The van der Waals surface area contributed by atoms with Crippen LogP contribution in [0.25, 0.3) is 0 Å². The first-order valence-electron chi connectivity index (χ1n) is 11.4. The van der Waals surface area contributed by atoms with E-state index in [1.54, 1.807) is 18.2 Å². The Balaban J connectivity index is 1.41. The van der Waals surface area contributed by atoms with Crippen molar-refractivity contribution in [1.82, 2.24) is 0 Å². The zero-order valence-electron chi connectivity index (χ0n) is 18.9. The third-order valence-corrected chi connectivity index (χ3v) is 6.53. The van der Waals surface area contributed by atoms with Gasteiger partial charge in [0.05, 0.1) is 23.1 Å². The number of nitrogens with one attached hydrogen (secondary N) is 1. The summed E-state index contributed by atoms with van der Waals surface area (Å²) in [6, 6.07) is 13.7. The lowest BCUT2D eigenvalue weighted by atomic mass is 9.76. The lowest BCUT2D eigenvalue weighted by Gasteiger charge is -2.25. The summed E-state index contributed by atoms with van der Waals surface area (Å²) in [5.41, 5.74) is 2.21. The van der Waals surface area contributed by atoms with Crippen LogP contribution in [0.4, 0.5) is 11.4 Å². The van der Waals surface area contributed by atoms with Crippen LogP contribution in [0.1, 0.15) is 49.0 Å². The first-order valence-corrected chi connectivity index (χ1v) is 11.4. The van der Waals surface area contributed by atoms with Gasteiger partial charge in [-0.3, -0.25) is 19.3 Å². The van der Waals surface area contributed by atoms with Crippen molar-refractivity contribution >= 4 is 35.1 Å². The van der Waals surface area contributed by atoms with Gasteiger partial charge in [0.2, 0.25) is 11.8 Å². The van der Waals surface area contributed by atoms with Gasteiger partial charge in [0.25, 0.3) is 5.91 Å². The van der Waals surface area contributed by atoms with Crippen LogP contribution in [0, 0.1) is 17.8 Å². The molecule has 3 atom stereocenters. The molecule has 1 aliphatic heterocycles. The van der Waals surface area contributed by atoms with Gasteiger partial charge in [0, 0.05) is 5.69 Å². The molecule has 7 heteroatoms. The van der Waals surface area contributed by atoms with Crippen molar-refractivity contribution in [2.45, 2.75) is 39.5 Å². The third kappa shape index (κ3) is 4.67. The standard InChI is InChI=1S/C26H28N2O5/c1-3-17-7-4-5-10-22(17)27-23(29)15-33-26(32)18-8-6-9-19(14-18)28-24(30)20-12-11-16(2)13-21(20)25(28)31/h4-10,14,16,20-21H,3,11-13,15H2,1-2H3,(H,27,29)/t16-,20-,21+/m1/s1. The Morgan fingerprint density at radius 2 is 1.79 bits per heavy atom. The highest BCUT2D eigenvalue weighted by molar-refractivity contribution is 6.22. The molecule has 1 saturated heterocycles. The molecule has 1 N–H and O–H groups in total. The first kappa shape index (κ1) is 22.7. The maximum atomic E-state index is 13.0. The van der Waals surface area contributed by atoms with Crippen molar-refractivity contribution in [3.05, 3.63) is 59.7 Å². The Hall–Kier alpha value is -3.48. The Bertz CT molecular complexity index is 1100. The largest absolute Gasteiger partial charge is 0.452 e. The number of rotatable bonds is 6. The van der Waals surface area contributed by atoms with Gasteiger partial charge in [0.1, 0.15) is 0 Å². The predicted octanol–water partition coefficient (Wildman–Crippen LogP) is 3.97. The summed E-state index contributed by atoms with van der Waals surface area (Å²) < 4.78 is 5.18. The minimum absolute atomic E-state index is 0.179. The van der Waals surface area contributed by atoms with E-state index >= 15 is 0 Å². The lowest BCUT2D eigenvalue weighted by Crippen LogP contribution is -2.31. The number of fused-ring (bicyclic) bond motifs is 1. The number of hydrogen-bond acceptors (Lipinski definition) is 5. The summed E-state index contributed by atoms with van der Waals surface area (Å²) in [4.78, 5) is 51.9. The maximum Gasteiger partial charge on any atom is 0.338 e. The van der Waals surface area contributed by atoms with E-state index in [1.807, 2.05) is 25.1 Å². The molecule has 0 bridgehead atoms. The van der Waals surface area contributed by atoms with Crippen molar-refractivity contribution in [3.63, 3.8) is 0 Å². The summed E-state index contributed by atoms with van der Waals surface area (Å²) >= 11 is 0. The smallest absolute Gasteiger partial charge is 0.338 e. The second-order valence-corrected chi connectivity index (χ2v) is 8.83. The second kappa shape index (κ2) is 9.57. The van der Waals surface area contributed by atoms with Crippen LogP contribution in [-0.4, -0.2) is 30.3 Å². The Morgan fingerprint density at radius 1 is 1.03 bits per heavy atom. The van der Waals surface area contributed by atoms with Crippen LogP contribution < -0.4 is 10.2 Å². The van der Waals surface area contributed by atoms with Gasteiger partial charge >= 0.3 is 5.97 Å². The van der Waals surface area contributed by atoms with Crippen molar-refractivity contribution in [2.24, 2.45) is 17.8 Å². The van der Waals surface area contributed by atoms with E-state index in [2.05, 4.69) is 12.2 Å². The number of ether oxygens (including phenoxy) is 1. The Morgan fingerprint density at radius 3 is 2.58 bits per heavy atom. The summed E-state index contributed by atoms with van der Waals surface area (Å²) in [7, 11) is 0. The normalized spacial score (nSPS) is 22.1. The molecule has 2 aromatic rings. The lowest BCUT2D eigenvalue weighted by molar-refractivity contribution is -0.122. The average molecular weight is 449 g/mol. The van der Waals surface area contributed by atoms with E-state index in [0.29, 0.717) is 30.1 Å². The number of imide groups is 1. The minimum Gasteiger partial charge on any atom is -0.452 e. The van der Waals surface area contributed by atoms with Crippen molar-refractivity contribution < 1.29 is 23.9 Å². The van der Waals surface area contributed by atoms with Gasteiger partial charge < -0.3 is 10.1 Å². The fourth-order valence-electron chi connectivity index (χ4n) is 4.77. The maximum absolute atomic E-state index is 13.0. The number of para-hydroxylation sites is 1. The predicted molar refractivity (Wildman–Crippen MR) is 124 cm³/mol. The molecule has 2 aromatic carbocycles. The molecule has 0 unspecified atom stereocenters. The zero-order valence-corrected chi connectivity index (χ0v) is 18.9. The number of hydrogen-bond donors (Lipinski definition) is 1. The molecule has 4 rings (SSSR count). The van der Waals surface area contributed by atoms with E-state index < -0.39 is 18.5 Å². The monoisotopic (exact) mass is 448 g/mol. The molecule has 172 valence electrons. The number of esters is 1. The summed E-state index contributed by atoms with van der Waals surface area (Å²) in [6.45, 7) is 3.65. The van der Waals surface area contributed by atoms with E-state index in [0.717, 1.165) is 18.4 Å². The van der Waals surface area contributed by atoms with Crippen LogP contribution in [0.15, 0.2) is 48.5 Å². The van der Waals surface area contributed by atoms with E-state index in [-0.39, 0.29) is 29.2 Å². The fourth-order valence-corrected chi connectivity index (χ4v) is 4.77. The van der Waals surface area contributed by atoms with Crippen molar-refractivity contribution in [1.29, 1.82) is 0 Å². The van der Waals surface area contributed by atoms with Crippen LogP contribution in [-0.2, 0) is 25.5 Å². The molecule has 1 saturated carbocycles. The van der Waals surface area contributed by atoms with Crippen LogP contribution >= 0.6 is 0 Å². The van der Waals surface area contributed by atoms with Gasteiger partial charge in [-0.1, -0.05) is 38.1 Å². The second-order valence-electron chi connectivity index (χ2n) is 8.83. The molecule has 0 radical (unpaired) electrons. The number of anilines is 2. The molecule has 1 aliphatic carbocycles. The molecule has 7 nitrogen and oxygen atoms in total. The molecule has 0 aromatic heterocycles. The minimum atomic E-state index is -0.694. The van der Waals surface area contributed by atoms with Crippen LogP contribution in [0.3, 0.4) is 0 Å². The molecule has 3 amide bonds. The van der Waals surface area contributed by atoms with E-state index in [9.17, 15) is 19.2 Å². The highest BCUT2D eigenvalue weighted by atomic mass is 16.5. The first-order chi connectivity index (χ1) is 15.9. The fraction of sp³-hybridized carbons (Fsp3) is 0.385. The average Bonchev–Trinajstić information content (AvgIpc) is 3.07. The number of carbonyl (C=O) groups excluding carboxylic acids is 4. The van der Waals surface area contributed by atoms with Gasteiger partial charge in [-0.25, -0.2) is 4.79 Å². The number of nitrogens with zero attached hydrogens (tertiary/aromatic N) is 1. The molecular weight excluding hydrogens is 420 g/mol. The molecule has 2 fully saturated rings. The van der Waals surface area contributed by atoms with Gasteiger partial charge in [-0.2, -0.15) is 0 Å². The topological polar surface area (TPSA) is 92.8 Å². The van der Waals surface area contributed by atoms with E-state index in [4.69, 9.17) is 4.74 Å². The molecule has 2 aliphatic rings. The Labute approximate surface area is 193 Å². The van der Waals surface area contributed by atoms with Crippen molar-refractivity contribution in [2.75, 3.05) is 16.8 Å². The molecule has 33 heavy (non-hydrogen) atoms. The molecule has 1 heterocycles.